The average Bonchev–Trinajstić information content (AvgIpc) is 2.88. The Hall–Kier alpha value is -1.88. The summed E-state index contributed by atoms with van der Waals surface area (Å²) in [5, 5.41) is 0. The minimum absolute atomic E-state index is 0.107. The Morgan fingerprint density at radius 1 is 1.23 bits per heavy atom. The van der Waals surface area contributed by atoms with Gasteiger partial charge in [-0.2, -0.15) is 0 Å². The van der Waals surface area contributed by atoms with Gasteiger partial charge in [-0.25, -0.2) is 8.42 Å². The van der Waals surface area contributed by atoms with Gasteiger partial charge < -0.3 is 4.74 Å². The fourth-order valence-electron chi connectivity index (χ4n) is 3.61. The molecule has 0 amide bonds. The quantitative estimate of drug-likeness (QED) is 0.734. The molecule has 2 aromatic rings. The molecule has 4 nitrogen and oxygen atoms in total. The predicted octanol–water partition coefficient (Wildman–Crippen LogP) is 5.07. The van der Waals surface area contributed by atoms with Crippen LogP contribution in [0.4, 0.5) is 0 Å². The first-order valence-corrected chi connectivity index (χ1v) is 10.8. The van der Waals surface area contributed by atoms with E-state index in [4.69, 9.17) is 4.74 Å². The lowest BCUT2D eigenvalue weighted by molar-refractivity contribution is 0.386. The highest BCUT2D eigenvalue weighted by Crippen LogP contribution is 2.43. The Balaban J connectivity index is 2.27. The highest BCUT2D eigenvalue weighted by molar-refractivity contribution is 7.91. The molecule has 1 aliphatic rings. The van der Waals surface area contributed by atoms with Crippen LogP contribution in [0.15, 0.2) is 35.4 Å². The summed E-state index contributed by atoms with van der Waals surface area (Å²) in [6.07, 6.45) is 3.84. The molecule has 0 radical (unpaired) electrons. The van der Waals surface area contributed by atoms with E-state index in [1.165, 1.54) is 5.56 Å². The molecule has 0 spiro atoms. The van der Waals surface area contributed by atoms with E-state index < -0.39 is 9.84 Å². The average molecular weight is 374 g/mol. The molecule has 1 aromatic heterocycles. The van der Waals surface area contributed by atoms with E-state index >= 15 is 0 Å². The number of nitrogens with zero attached hydrogens (tertiary/aromatic N) is 1. The minimum Gasteiger partial charge on any atom is -0.476 e. The molecule has 0 saturated heterocycles. The molecule has 3 rings (SSSR count). The van der Waals surface area contributed by atoms with Crippen molar-refractivity contribution >= 4 is 9.84 Å². The Morgan fingerprint density at radius 2 is 1.96 bits per heavy atom. The Kier molecular flexibility index (Phi) is 4.86. The summed E-state index contributed by atoms with van der Waals surface area (Å²) in [7, 11) is -3.39. The molecule has 0 bridgehead atoms. The van der Waals surface area contributed by atoms with E-state index in [0.717, 1.165) is 29.7 Å². The first kappa shape index (κ1) is 18.9. The molecule has 0 N–H and O–H groups in total. The van der Waals surface area contributed by atoms with Crippen LogP contribution in [0.2, 0.25) is 0 Å². The summed E-state index contributed by atoms with van der Waals surface area (Å²) in [5.74, 6) is 0.567. The predicted molar refractivity (Wildman–Crippen MR) is 104 cm³/mol. The van der Waals surface area contributed by atoms with Gasteiger partial charge in [-0.3, -0.25) is 4.98 Å². The number of aromatic nitrogens is 1. The Bertz CT molecular complexity index is 930. The van der Waals surface area contributed by atoms with E-state index in [-0.39, 0.29) is 16.2 Å². The van der Waals surface area contributed by atoms with Crippen LogP contribution in [-0.2, 0) is 15.3 Å². The summed E-state index contributed by atoms with van der Waals surface area (Å²) >= 11 is 0. The molecule has 0 aliphatic carbocycles. The van der Waals surface area contributed by atoms with E-state index in [9.17, 15) is 8.42 Å². The number of hydrogen-bond acceptors (Lipinski definition) is 4. The molecule has 0 fully saturated rings. The number of benzene rings is 1. The number of fused-ring (bicyclic) bond motifs is 1. The summed E-state index contributed by atoms with van der Waals surface area (Å²) in [6, 6.07) is 7.75. The first-order chi connectivity index (χ1) is 12.2. The molecular weight excluding hydrogens is 346 g/mol. The molecular formula is C21H27NO3S. The molecule has 2 heterocycles. The van der Waals surface area contributed by atoms with Crippen molar-refractivity contribution in [1.82, 2.24) is 4.98 Å². The van der Waals surface area contributed by atoms with Crippen molar-refractivity contribution in [3.05, 3.63) is 41.6 Å². The smallest absolute Gasteiger partial charge is 0.216 e. The molecule has 1 aliphatic heterocycles. The van der Waals surface area contributed by atoms with Crippen LogP contribution in [0, 0.1) is 0 Å². The van der Waals surface area contributed by atoms with Crippen LogP contribution >= 0.6 is 0 Å². The topological polar surface area (TPSA) is 56.3 Å². The first-order valence-electron chi connectivity index (χ1n) is 9.16. The van der Waals surface area contributed by atoms with Crippen molar-refractivity contribution in [2.24, 2.45) is 0 Å². The zero-order chi connectivity index (χ0) is 19.1. The molecule has 0 saturated carbocycles. The second-order valence-corrected chi connectivity index (χ2v) is 9.89. The van der Waals surface area contributed by atoms with Crippen LogP contribution in [0.1, 0.15) is 64.5 Å². The van der Waals surface area contributed by atoms with Crippen LogP contribution in [0.5, 0.6) is 5.75 Å². The molecule has 0 atom stereocenters. The fourth-order valence-corrected chi connectivity index (χ4v) is 4.74. The van der Waals surface area contributed by atoms with Gasteiger partial charge in [-0.15, -0.1) is 0 Å². The summed E-state index contributed by atoms with van der Waals surface area (Å²) < 4.78 is 30.2. The van der Waals surface area contributed by atoms with E-state index in [2.05, 4.69) is 45.7 Å². The Morgan fingerprint density at radius 3 is 2.62 bits per heavy atom. The van der Waals surface area contributed by atoms with E-state index in [1.54, 1.807) is 12.3 Å². The third kappa shape index (κ3) is 3.37. The molecule has 0 unspecified atom stereocenters. The lowest BCUT2D eigenvalue weighted by Gasteiger charge is -2.28. The van der Waals surface area contributed by atoms with Gasteiger partial charge in [0.2, 0.25) is 9.84 Å². The molecule has 26 heavy (non-hydrogen) atoms. The zero-order valence-corrected chi connectivity index (χ0v) is 17.0. The van der Waals surface area contributed by atoms with Crippen molar-refractivity contribution in [2.45, 2.75) is 63.7 Å². The van der Waals surface area contributed by atoms with Gasteiger partial charge in [0.05, 0.1) is 5.69 Å². The normalized spacial score (nSPS) is 15.8. The standard InChI is InChI=1S/C21H27NO3S/c1-6-8-21(4,5)17-12-19-20(26(23,24)13-25-19)11-16(17)18-10-15(14(2)3)7-9-22-18/h7,9-12,14H,6,8,13H2,1-5H3. The fraction of sp³-hybridized carbons (Fsp3) is 0.476. The maximum Gasteiger partial charge on any atom is 0.216 e. The largest absolute Gasteiger partial charge is 0.476 e. The monoisotopic (exact) mass is 373 g/mol. The second kappa shape index (κ2) is 6.69. The third-order valence-corrected chi connectivity index (χ3v) is 6.54. The summed E-state index contributed by atoms with van der Waals surface area (Å²) in [5.41, 5.74) is 3.88. The number of ether oxygens (including phenoxy) is 1. The lowest BCUT2D eigenvalue weighted by atomic mass is 9.77. The van der Waals surface area contributed by atoms with Gasteiger partial charge in [0, 0.05) is 11.8 Å². The number of rotatable bonds is 5. The van der Waals surface area contributed by atoms with Gasteiger partial charge in [-0.05, 0) is 53.1 Å². The molecule has 1 aromatic carbocycles. The van der Waals surface area contributed by atoms with Gasteiger partial charge in [0.25, 0.3) is 0 Å². The van der Waals surface area contributed by atoms with Gasteiger partial charge >= 0.3 is 0 Å². The lowest BCUT2D eigenvalue weighted by Crippen LogP contribution is -2.18. The van der Waals surface area contributed by atoms with Crippen LogP contribution in [0.25, 0.3) is 11.3 Å². The van der Waals surface area contributed by atoms with Gasteiger partial charge in [0.15, 0.2) is 5.94 Å². The number of sulfone groups is 1. The zero-order valence-electron chi connectivity index (χ0n) is 16.2. The highest BCUT2D eigenvalue weighted by atomic mass is 32.2. The van der Waals surface area contributed by atoms with Crippen LogP contribution < -0.4 is 4.74 Å². The maximum absolute atomic E-state index is 12.4. The maximum atomic E-state index is 12.4. The van der Waals surface area contributed by atoms with E-state index in [0.29, 0.717) is 11.7 Å². The summed E-state index contributed by atoms with van der Waals surface area (Å²) in [6.45, 7) is 10.8. The summed E-state index contributed by atoms with van der Waals surface area (Å²) in [4.78, 5) is 4.84. The van der Waals surface area contributed by atoms with Gasteiger partial charge in [0.1, 0.15) is 10.6 Å². The Labute approximate surface area is 156 Å². The van der Waals surface area contributed by atoms with Gasteiger partial charge in [-0.1, -0.05) is 41.0 Å². The highest BCUT2D eigenvalue weighted by Gasteiger charge is 2.33. The third-order valence-electron chi connectivity index (χ3n) is 5.12. The van der Waals surface area contributed by atoms with Crippen molar-refractivity contribution in [3.63, 3.8) is 0 Å². The van der Waals surface area contributed by atoms with Crippen molar-refractivity contribution in [3.8, 4) is 17.0 Å². The minimum atomic E-state index is -3.39. The number of hydrogen-bond donors (Lipinski definition) is 0. The van der Waals surface area contributed by atoms with Crippen LogP contribution in [-0.4, -0.2) is 19.3 Å². The van der Waals surface area contributed by atoms with Crippen LogP contribution in [0.3, 0.4) is 0 Å². The number of pyridine rings is 1. The molecule has 140 valence electrons. The van der Waals surface area contributed by atoms with E-state index in [1.807, 2.05) is 12.1 Å². The SMILES string of the molecule is CCCC(C)(C)c1cc2c(cc1-c1cc(C(C)C)ccn1)S(=O)(=O)CO2. The van der Waals surface area contributed by atoms with Crippen molar-refractivity contribution in [1.29, 1.82) is 0 Å². The molecule has 5 heteroatoms. The van der Waals surface area contributed by atoms with Crippen molar-refractivity contribution in [2.75, 3.05) is 5.94 Å². The second-order valence-electron chi connectivity index (χ2n) is 7.98. The van der Waals surface area contributed by atoms with Crippen molar-refractivity contribution < 1.29 is 13.2 Å².